The highest BCUT2D eigenvalue weighted by Crippen LogP contribution is 2.46. The Bertz CT molecular complexity index is 2600. The van der Waals surface area contributed by atoms with Gasteiger partial charge >= 0.3 is 0 Å². The topological polar surface area (TPSA) is 0 Å². The Morgan fingerprint density at radius 2 is 0.722 bits per heavy atom. The largest absolute Gasteiger partial charge is 0.187 e. The first kappa shape index (κ1) is 60.2. The van der Waals surface area contributed by atoms with Gasteiger partial charge in [-0.05, 0) is 230 Å². The molecule has 0 bridgehead atoms. The van der Waals surface area contributed by atoms with Gasteiger partial charge in [-0.15, -0.1) is 68.0 Å². The van der Waals surface area contributed by atoms with Gasteiger partial charge in [-0.3, -0.25) is 0 Å². The lowest BCUT2D eigenvalue weighted by Crippen LogP contribution is -1.98. The van der Waals surface area contributed by atoms with Gasteiger partial charge in [0.05, 0.1) is 43.7 Å². The number of benzene rings is 2. The first-order valence-electron chi connectivity index (χ1n) is 28.1. The van der Waals surface area contributed by atoms with Crippen LogP contribution in [0, 0.1) is 7.14 Å². The molecule has 1 unspecified atom stereocenters. The number of hydrogen-bond acceptors (Lipinski definition) is 6. The van der Waals surface area contributed by atoms with Gasteiger partial charge in [-0.1, -0.05) is 156 Å². The summed E-state index contributed by atoms with van der Waals surface area (Å²) in [5.74, 6) is 0. The van der Waals surface area contributed by atoms with E-state index >= 15 is 0 Å². The van der Waals surface area contributed by atoms with E-state index in [1.807, 2.05) is 68.0 Å². The van der Waals surface area contributed by atoms with E-state index in [0.717, 1.165) is 0 Å². The normalized spacial score (nSPS) is 12.2. The number of halogens is 4. The number of thiophene rings is 6. The van der Waals surface area contributed by atoms with Gasteiger partial charge in [-0.2, -0.15) is 9.01 Å². The molecule has 8 rings (SSSR count). The lowest BCUT2D eigenvalue weighted by molar-refractivity contribution is 0.600. The SMILES string of the molecule is CCCCCCCCc1c(CCCCCCCC)c2cc(Br)sc2c2sc(Br)cc12.CCCCCCCCc1c(CCCCCCCC)c2ccsc2c2sccc12.Ic1ccsc1-c1sccc1I.[2H]P([3H])[B]. The monoisotopic (exact) mass is 1450 g/mol. The molecule has 6 heterocycles. The Hall–Kier alpha value is 0.595. The second-order valence-electron chi connectivity index (χ2n) is 19.1. The lowest BCUT2D eigenvalue weighted by Gasteiger charge is -2.14. The van der Waals surface area contributed by atoms with Crippen molar-refractivity contribution in [2.24, 2.45) is 0 Å². The molecule has 0 saturated carbocycles. The van der Waals surface area contributed by atoms with Crippen LogP contribution < -0.4 is 0 Å². The molecular formula is C60H80BBr2I2PS6. The van der Waals surface area contributed by atoms with Crippen molar-refractivity contribution in [3.8, 4) is 9.75 Å². The fourth-order valence-corrected chi connectivity index (χ4v) is 19.7. The molecule has 12 heteroatoms. The molecule has 0 aliphatic rings. The predicted octanol–water partition coefficient (Wildman–Crippen LogP) is 26.0. The Labute approximate surface area is 510 Å². The van der Waals surface area contributed by atoms with Gasteiger partial charge in [0, 0.05) is 9.70 Å². The zero-order valence-electron chi connectivity index (χ0n) is 45.6. The Balaban J connectivity index is 0.000000212. The van der Waals surface area contributed by atoms with Crippen molar-refractivity contribution in [1.29, 1.82) is 2.56 Å². The zero-order valence-corrected chi connectivity index (χ0v) is 56.8. The molecule has 0 saturated heterocycles. The summed E-state index contributed by atoms with van der Waals surface area (Å²) in [5.41, 5.74) is 6.67. The highest BCUT2D eigenvalue weighted by molar-refractivity contribution is 14.1. The number of fused-ring (bicyclic) bond motifs is 6. The van der Waals surface area contributed by atoms with Crippen molar-refractivity contribution >= 4 is 202 Å². The van der Waals surface area contributed by atoms with Gasteiger partial charge < -0.3 is 0 Å². The van der Waals surface area contributed by atoms with E-state index in [0.29, 0.717) is 0 Å². The minimum absolute atomic E-state index is 1.24. The summed E-state index contributed by atoms with van der Waals surface area (Å²) < 4.78 is 23.5. The average molecular weight is 1450 g/mol. The number of hydrogen-bond donors (Lipinski definition) is 0. The molecule has 2 aromatic carbocycles. The van der Waals surface area contributed by atoms with Crippen LogP contribution in [-0.2, 0) is 25.7 Å². The molecule has 2 radical (unpaired) electrons. The van der Waals surface area contributed by atoms with E-state index in [9.17, 15) is 0 Å². The highest BCUT2D eigenvalue weighted by atomic mass is 127. The van der Waals surface area contributed by atoms with Crippen LogP contribution in [0.1, 0.15) is 204 Å². The third-order valence-corrected chi connectivity index (χ3v) is 23.7. The predicted molar refractivity (Wildman–Crippen MR) is 367 cm³/mol. The maximum absolute atomic E-state index is 6.09. The fourth-order valence-electron chi connectivity index (χ4n) is 9.99. The van der Waals surface area contributed by atoms with Crippen LogP contribution >= 0.6 is 154 Å². The molecular weight excluding hydrogens is 1370 g/mol. The first-order chi connectivity index (χ1) is 36.0. The van der Waals surface area contributed by atoms with E-state index in [1.54, 1.807) is 33.0 Å². The quantitative estimate of drug-likeness (QED) is 0.0190. The second kappa shape index (κ2) is 36.7. The van der Waals surface area contributed by atoms with Gasteiger partial charge in [0.1, 0.15) is 0 Å². The zero-order chi connectivity index (χ0) is 53.1. The van der Waals surface area contributed by atoms with Crippen LogP contribution in [0.5, 0.6) is 0 Å². The lowest BCUT2D eigenvalue weighted by atomic mass is 9.91. The molecule has 6 aromatic heterocycles. The van der Waals surface area contributed by atoms with Crippen molar-refractivity contribution in [1.82, 2.24) is 0 Å². The van der Waals surface area contributed by atoms with Crippen molar-refractivity contribution in [3.05, 3.63) is 94.9 Å². The molecule has 0 aliphatic carbocycles. The van der Waals surface area contributed by atoms with Crippen LogP contribution in [0.15, 0.2) is 65.5 Å². The molecule has 1 atom stereocenters. The fraction of sp³-hybridized carbons (Fsp3) is 0.533. The molecule has 0 amide bonds. The summed E-state index contributed by atoms with van der Waals surface area (Å²) in [5, 5.41) is 15.1. The summed E-state index contributed by atoms with van der Waals surface area (Å²) in [7, 11) is 2.89. The minimum Gasteiger partial charge on any atom is -0.187 e. The summed E-state index contributed by atoms with van der Waals surface area (Å²) >= 11 is 23.7. The van der Waals surface area contributed by atoms with Gasteiger partial charge in [0.15, 0.2) is 0 Å². The maximum atomic E-state index is 6.09. The van der Waals surface area contributed by atoms with E-state index in [2.05, 4.69) is 170 Å². The van der Waals surface area contributed by atoms with Crippen LogP contribution in [0.3, 0.4) is 0 Å². The molecule has 0 fully saturated rings. The van der Waals surface area contributed by atoms with Gasteiger partial charge in [0.2, 0.25) is 0 Å². The molecule has 0 nitrogen and oxygen atoms in total. The molecule has 0 spiro atoms. The van der Waals surface area contributed by atoms with E-state index in [1.165, 1.54) is 234 Å². The Morgan fingerprint density at radius 1 is 0.444 bits per heavy atom. The molecule has 8 aromatic rings. The Morgan fingerprint density at radius 3 is 1.01 bits per heavy atom. The van der Waals surface area contributed by atoms with Crippen LogP contribution in [0.25, 0.3) is 50.1 Å². The standard InChI is InChI=1S/C26H36Br2S2.C26H38S2.C8H4I2S2.BH2P/c1-3-5-7-9-11-13-15-19-20(16-14-12-10-8-6-4-2)22-18-24(28)30-26(22)25-21(19)17-23(27)29-25;1-3-5-7-9-11-13-15-21-22(16-14-12-10-8-6-4-2)24-18-20-28-26(24)25-23(21)17-19-27-25;9-5-1-3-11-7(5)8-6(10)2-4-12-8;1-2/h17-18H,3-16H2,1-2H3;17-20H,3-16H2,1-2H3;1-4H;2H2/i;;;2TD. The van der Waals surface area contributed by atoms with Crippen LogP contribution in [-0.4, -0.2) is 10.1 Å². The smallest absolute Gasteiger partial charge is 0.0996 e. The molecule has 72 heavy (non-hydrogen) atoms. The molecule has 0 aliphatic heterocycles. The van der Waals surface area contributed by atoms with Crippen molar-refractivity contribution in [2.75, 3.05) is 0 Å². The summed E-state index contributed by atoms with van der Waals surface area (Å²) in [6, 6.07) is 13.9. The van der Waals surface area contributed by atoms with E-state index < -0.39 is 9.01 Å². The van der Waals surface area contributed by atoms with Crippen LogP contribution in [0.4, 0.5) is 0 Å². The average Bonchev–Trinajstić information content (AvgIpc) is 4.26. The highest BCUT2D eigenvalue weighted by Gasteiger charge is 2.19. The summed E-state index contributed by atoms with van der Waals surface area (Å²) in [6.07, 6.45) is 38.1. The second-order valence-corrected chi connectivity index (χ2v) is 29.9. The van der Waals surface area contributed by atoms with E-state index in [-0.39, 0.29) is 0 Å². The van der Waals surface area contributed by atoms with Gasteiger partial charge in [0.25, 0.3) is 0 Å². The third-order valence-electron chi connectivity index (χ3n) is 13.7. The molecule has 0 N–H and O–H groups in total. The number of rotatable bonds is 29. The summed E-state index contributed by atoms with van der Waals surface area (Å²) in [4.78, 5) is 2.82. The maximum Gasteiger partial charge on any atom is 0.0996 e. The van der Waals surface area contributed by atoms with Gasteiger partial charge in [-0.25, -0.2) is 0 Å². The third kappa shape index (κ3) is 19.4. The van der Waals surface area contributed by atoms with Crippen molar-refractivity contribution < 1.29 is 0 Å². The number of aryl methyl sites for hydroxylation is 4. The Kier molecular flexibility index (Phi) is 30.7. The summed E-state index contributed by atoms with van der Waals surface area (Å²) in [6.45, 7) is 9.21. The number of unbranched alkanes of at least 4 members (excludes halogenated alkanes) is 20. The molecule has 392 valence electrons. The van der Waals surface area contributed by atoms with Crippen LogP contribution in [0.2, 0.25) is 0 Å². The minimum atomic E-state index is -1.62. The van der Waals surface area contributed by atoms with Crippen molar-refractivity contribution in [3.63, 3.8) is 0 Å². The van der Waals surface area contributed by atoms with E-state index in [4.69, 9.17) is 2.56 Å². The van der Waals surface area contributed by atoms with Crippen molar-refractivity contribution in [2.45, 2.75) is 207 Å². The first-order valence-corrected chi connectivity index (χ1v) is 36.6.